The quantitative estimate of drug-likeness (QED) is 0.232. The van der Waals surface area contributed by atoms with Crippen molar-refractivity contribution in [1.29, 1.82) is 0 Å². The average molecular weight is 496 g/mol. The number of nitrogens with zero attached hydrogens (tertiary/aromatic N) is 6. The van der Waals surface area contributed by atoms with Crippen LogP contribution in [0, 0.1) is 26.0 Å². The Morgan fingerprint density at radius 3 is 2.43 bits per heavy atom. The summed E-state index contributed by atoms with van der Waals surface area (Å²) < 4.78 is -0.381. The van der Waals surface area contributed by atoms with Crippen LogP contribution in [0.25, 0.3) is 22.6 Å². The van der Waals surface area contributed by atoms with Gasteiger partial charge in [0.1, 0.15) is 12.2 Å². The summed E-state index contributed by atoms with van der Waals surface area (Å²) in [4.78, 5) is 6.89. The predicted octanol–water partition coefficient (Wildman–Crippen LogP) is 6.18. The minimum absolute atomic E-state index is 0.344. The van der Waals surface area contributed by atoms with Gasteiger partial charge in [-0.3, -0.25) is 9.88 Å². The number of nitrogens with one attached hydrogen (secondary N) is 1. The SMILES string of the molecule is CCCCC1=CN(c2c(C)cc(C)cc2C)C[N+]1([O-])Cc1ccc(-c2ccccc2-c2nnn[nH]2)nc1. The fourth-order valence-corrected chi connectivity index (χ4v) is 5.36. The Bertz CT molecular complexity index is 1390. The first-order chi connectivity index (χ1) is 17.9. The molecule has 0 saturated heterocycles. The van der Waals surface area contributed by atoms with E-state index < -0.39 is 0 Å². The van der Waals surface area contributed by atoms with Crippen molar-refractivity contribution in [1.82, 2.24) is 25.6 Å². The van der Waals surface area contributed by atoms with E-state index in [2.05, 4.69) is 71.6 Å². The molecular weight excluding hydrogens is 462 g/mol. The van der Waals surface area contributed by atoms with Crippen LogP contribution >= 0.6 is 0 Å². The van der Waals surface area contributed by atoms with Crippen LogP contribution in [0.5, 0.6) is 0 Å². The lowest BCUT2D eigenvalue weighted by Crippen LogP contribution is -2.42. The fourth-order valence-electron chi connectivity index (χ4n) is 5.36. The first-order valence-corrected chi connectivity index (χ1v) is 12.8. The summed E-state index contributed by atoms with van der Waals surface area (Å²) in [6, 6.07) is 16.2. The Morgan fingerprint density at radius 2 is 1.78 bits per heavy atom. The lowest BCUT2D eigenvalue weighted by molar-refractivity contribution is -0.851. The number of hydrogen-bond acceptors (Lipinski definition) is 6. The van der Waals surface area contributed by atoms with E-state index in [0.717, 1.165) is 53.0 Å². The molecule has 0 bridgehead atoms. The van der Waals surface area contributed by atoms with Gasteiger partial charge in [0.2, 0.25) is 0 Å². The summed E-state index contributed by atoms with van der Waals surface area (Å²) in [5, 5.41) is 28.6. The third-order valence-electron chi connectivity index (χ3n) is 6.98. The third kappa shape index (κ3) is 5.03. The maximum atomic E-state index is 14.3. The van der Waals surface area contributed by atoms with Crippen molar-refractivity contribution in [3.8, 4) is 22.6 Å². The number of benzene rings is 2. The lowest BCUT2D eigenvalue weighted by atomic mass is 10.0. The van der Waals surface area contributed by atoms with Gasteiger partial charge in [0, 0.05) is 29.3 Å². The second-order valence-electron chi connectivity index (χ2n) is 9.98. The second kappa shape index (κ2) is 10.2. The summed E-state index contributed by atoms with van der Waals surface area (Å²) in [5.41, 5.74) is 9.23. The number of aryl methyl sites for hydroxylation is 3. The Hall–Kier alpha value is -3.88. The fraction of sp³-hybridized carbons (Fsp3) is 0.310. The molecule has 37 heavy (non-hydrogen) atoms. The highest BCUT2D eigenvalue weighted by molar-refractivity contribution is 5.78. The molecule has 1 aliphatic heterocycles. The molecule has 0 saturated carbocycles. The molecule has 3 heterocycles. The van der Waals surface area contributed by atoms with Crippen LogP contribution in [0.3, 0.4) is 0 Å². The normalized spacial score (nSPS) is 17.3. The molecule has 2 aromatic carbocycles. The number of aromatic amines is 1. The molecule has 0 spiro atoms. The maximum Gasteiger partial charge on any atom is 0.180 e. The van der Waals surface area contributed by atoms with Gasteiger partial charge in [-0.2, -0.15) is 0 Å². The molecule has 1 unspecified atom stereocenters. The van der Waals surface area contributed by atoms with E-state index >= 15 is 0 Å². The number of tetrazole rings is 1. The van der Waals surface area contributed by atoms with Gasteiger partial charge >= 0.3 is 0 Å². The van der Waals surface area contributed by atoms with Gasteiger partial charge in [-0.25, -0.2) is 5.10 Å². The topological polar surface area (TPSA) is 93.6 Å². The van der Waals surface area contributed by atoms with E-state index in [1.54, 1.807) is 0 Å². The summed E-state index contributed by atoms with van der Waals surface area (Å²) in [5.74, 6) is 0.593. The van der Waals surface area contributed by atoms with Crippen molar-refractivity contribution in [2.24, 2.45) is 0 Å². The minimum atomic E-state index is -0.381. The molecule has 2 aromatic heterocycles. The second-order valence-corrected chi connectivity index (χ2v) is 9.98. The van der Waals surface area contributed by atoms with Gasteiger partial charge in [0.25, 0.3) is 0 Å². The number of unbranched alkanes of at least 4 members (excludes halogenated alkanes) is 1. The van der Waals surface area contributed by atoms with Gasteiger partial charge in [-0.05, 0) is 60.9 Å². The largest absolute Gasteiger partial charge is 0.626 e. The zero-order valence-electron chi connectivity index (χ0n) is 21.9. The number of pyridine rings is 1. The number of aromatic nitrogens is 5. The van der Waals surface area contributed by atoms with Gasteiger partial charge in [0.15, 0.2) is 12.5 Å². The van der Waals surface area contributed by atoms with Crippen LogP contribution in [-0.4, -0.2) is 36.9 Å². The molecular formula is C29H33N7O. The van der Waals surface area contributed by atoms with Crippen molar-refractivity contribution in [3.63, 3.8) is 0 Å². The van der Waals surface area contributed by atoms with Crippen molar-refractivity contribution >= 4 is 5.69 Å². The summed E-state index contributed by atoms with van der Waals surface area (Å²) in [6.07, 6.45) is 6.76. The molecule has 4 aromatic rings. The van der Waals surface area contributed by atoms with Crippen LogP contribution in [0.2, 0.25) is 0 Å². The van der Waals surface area contributed by atoms with E-state index in [-0.39, 0.29) is 4.65 Å². The maximum absolute atomic E-state index is 14.3. The van der Waals surface area contributed by atoms with E-state index in [0.29, 0.717) is 19.0 Å². The molecule has 0 fully saturated rings. The van der Waals surface area contributed by atoms with Crippen LogP contribution in [0.4, 0.5) is 5.69 Å². The highest BCUT2D eigenvalue weighted by Gasteiger charge is 2.34. The molecule has 190 valence electrons. The van der Waals surface area contributed by atoms with Crippen LogP contribution in [-0.2, 0) is 6.54 Å². The number of quaternary nitrogens is 1. The smallest absolute Gasteiger partial charge is 0.180 e. The summed E-state index contributed by atoms with van der Waals surface area (Å²) in [7, 11) is 0. The molecule has 0 aliphatic carbocycles. The van der Waals surface area contributed by atoms with E-state index in [1.165, 1.54) is 16.7 Å². The van der Waals surface area contributed by atoms with E-state index in [1.807, 2.05) is 42.6 Å². The average Bonchev–Trinajstić information content (AvgIpc) is 3.51. The first-order valence-electron chi connectivity index (χ1n) is 12.8. The number of rotatable bonds is 8. The molecule has 0 amide bonds. The summed E-state index contributed by atoms with van der Waals surface area (Å²) >= 11 is 0. The zero-order valence-corrected chi connectivity index (χ0v) is 21.9. The molecule has 8 heteroatoms. The number of anilines is 1. The molecule has 5 rings (SSSR count). The van der Waals surface area contributed by atoms with Crippen LogP contribution < -0.4 is 4.90 Å². The Kier molecular flexibility index (Phi) is 6.86. The zero-order chi connectivity index (χ0) is 26.0. The molecule has 1 aliphatic rings. The molecule has 8 nitrogen and oxygen atoms in total. The highest BCUT2D eigenvalue weighted by atomic mass is 16.6. The summed E-state index contributed by atoms with van der Waals surface area (Å²) in [6.45, 7) is 9.24. The van der Waals surface area contributed by atoms with Crippen molar-refractivity contribution < 1.29 is 4.65 Å². The standard InChI is InChI=1S/C29H33N7O/c1-5-6-9-24-17-35(28-21(3)14-20(2)15-22(28)4)19-36(24,37)18-23-12-13-27(30-16-23)25-10-7-8-11-26(25)29-31-33-34-32-29/h7-8,10-17H,5-6,9,18-19H2,1-4H3,(H,31,32,33,34). The van der Waals surface area contributed by atoms with Crippen molar-refractivity contribution in [2.45, 2.75) is 53.5 Å². The Balaban J connectivity index is 1.41. The van der Waals surface area contributed by atoms with Crippen LogP contribution in [0.1, 0.15) is 48.4 Å². The number of allylic oxidation sites excluding steroid dienone is 1. The number of hydroxylamine groups is 3. The van der Waals surface area contributed by atoms with Gasteiger partial charge in [-0.1, -0.05) is 55.3 Å². The number of H-pyrrole nitrogens is 1. The van der Waals surface area contributed by atoms with Gasteiger partial charge in [-0.15, -0.1) is 5.10 Å². The van der Waals surface area contributed by atoms with E-state index in [9.17, 15) is 5.21 Å². The molecule has 0 radical (unpaired) electrons. The number of hydrogen-bond donors (Lipinski definition) is 1. The predicted molar refractivity (Wildman–Crippen MR) is 146 cm³/mol. The lowest BCUT2D eigenvalue weighted by Gasteiger charge is -2.41. The first kappa shape index (κ1) is 24.8. The van der Waals surface area contributed by atoms with Crippen molar-refractivity contribution in [3.05, 3.63) is 94.1 Å². The Labute approximate surface area is 217 Å². The molecule has 1 atom stereocenters. The third-order valence-corrected chi connectivity index (χ3v) is 6.98. The van der Waals surface area contributed by atoms with Gasteiger partial charge < -0.3 is 9.85 Å². The monoisotopic (exact) mass is 495 g/mol. The molecule has 1 N–H and O–H groups in total. The van der Waals surface area contributed by atoms with Crippen molar-refractivity contribution in [2.75, 3.05) is 11.6 Å². The van der Waals surface area contributed by atoms with Gasteiger partial charge in [0.05, 0.1) is 17.6 Å². The highest BCUT2D eigenvalue weighted by Crippen LogP contribution is 2.37. The van der Waals surface area contributed by atoms with Crippen LogP contribution in [0.15, 0.2) is 66.6 Å². The Morgan fingerprint density at radius 1 is 1.03 bits per heavy atom. The van der Waals surface area contributed by atoms with E-state index in [4.69, 9.17) is 4.98 Å². The minimum Gasteiger partial charge on any atom is -0.626 e.